The molecule has 30 heavy (non-hydrogen) atoms. The molecule has 0 amide bonds. The van der Waals surface area contributed by atoms with Crippen molar-refractivity contribution in [3.8, 4) is 0 Å². The number of fused-ring (bicyclic) bond motifs is 1. The molecule has 0 unspecified atom stereocenters. The Morgan fingerprint density at radius 1 is 1.20 bits per heavy atom. The van der Waals surface area contributed by atoms with Crippen LogP contribution in [0, 0.1) is 10.1 Å². The van der Waals surface area contributed by atoms with Gasteiger partial charge in [0.25, 0.3) is 5.69 Å². The number of nitro groups is 1. The van der Waals surface area contributed by atoms with Crippen molar-refractivity contribution < 1.29 is 14.8 Å². The number of aromatic nitrogens is 1. The Balaban J connectivity index is 1.74. The van der Waals surface area contributed by atoms with E-state index in [1.165, 1.54) is 11.3 Å². The Labute approximate surface area is 177 Å². The van der Waals surface area contributed by atoms with Crippen molar-refractivity contribution in [3.05, 3.63) is 63.1 Å². The smallest absolute Gasteiger partial charge is 0.303 e. The highest BCUT2D eigenvalue weighted by Gasteiger charge is 2.22. The van der Waals surface area contributed by atoms with Crippen LogP contribution in [0.2, 0.25) is 0 Å². The summed E-state index contributed by atoms with van der Waals surface area (Å²) in [4.78, 5) is 29.2. The summed E-state index contributed by atoms with van der Waals surface area (Å²) >= 11 is 1.50. The molecule has 1 N–H and O–H groups in total. The predicted molar refractivity (Wildman–Crippen MR) is 119 cm³/mol. The van der Waals surface area contributed by atoms with Crippen LogP contribution in [-0.4, -0.2) is 34.1 Å². The second-order valence-electron chi connectivity index (χ2n) is 7.25. The van der Waals surface area contributed by atoms with E-state index < -0.39 is 5.97 Å². The number of hydrogen-bond donors (Lipinski definition) is 1. The van der Waals surface area contributed by atoms with Crippen LogP contribution in [0.1, 0.15) is 36.3 Å². The van der Waals surface area contributed by atoms with Crippen LogP contribution < -0.4 is 4.90 Å². The highest BCUT2D eigenvalue weighted by atomic mass is 32.1. The molecule has 1 fully saturated rings. The summed E-state index contributed by atoms with van der Waals surface area (Å²) in [7, 11) is 0. The Morgan fingerprint density at radius 2 is 1.97 bits per heavy atom. The van der Waals surface area contributed by atoms with Gasteiger partial charge in [-0.1, -0.05) is 18.2 Å². The molecule has 0 spiro atoms. The van der Waals surface area contributed by atoms with Crippen LogP contribution in [0.5, 0.6) is 0 Å². The number of thiazole rings is 1. The highest BCUT2D eigenvalue weighted by Crippen LogP contribution is 2.35. The monoisotopic (exact) mass is 423 g/mol. The number of allylic oxidation sites excluding steroid dienone is 1. The maximum atomic E-state index is 11.7. The molecule has 1 aliphatic heterocycles. The van der Waals surface area contributed by atoms with Gasteiger partial charge < -0.3 is 10.0 Å². The van der Waals surface area contributed by atoms with Crippen LogP contribution in [0.25, 0.3) is 21.9 Å². The predicted octanol–water partition coefficient (Wildman–Crippen LogP) is 5.21. The van der Waals surface area contributed by atoms with Crippen molar-refractivity contribution in [2.75, 3.05) is 18.0 Å². The van der Waals surface area contributed by atoms with Crippen molar-refractivity contribution in [2.45, 2.75) is 25.7 Å². The van der Waals surface area contributed by atoms with E-state index in [1.807, 2.05) is 41.3 Å². The van der Waals surface area contributed by atoms with Crippen molar-refractivity contribution in [2.24, 2.45) is 0 Å². The van der Waals surface area contributed by atoms with Gasteiger partial charge in [0.05, 0.1) is 15.1 Å². The Hall–Kier alpha value is -3.26. The number of carboxylic acids is 1. The molecule has 1 aliphatic rings. The summed E-state index contributed by atoms with van der Waals surface area (Å²) in [6.07, 6.45) is 4.17. The summed E-state index contributed by atoms with van der Waals surface area (Å²) in [6, 6.07) is 13.0. The number of carbonyl (C=O) groups is 1. The molecule has 2 heterocycles. The maximum absolute atomic E-state index is 11.7. The highest BCUT2D eigenvalue weighted by molar-refractivity contribution is 7.19. The van der Waals surface area contributed by atoms with Crippen LogP contribution >= 0.6 is 11.3 Å². The van der Waals surface area contributed by atoms with E-state index in [4.69, 9.17) is 5.11 Å². The van der Waals surface area contributed by atoms with Gasteiger partial charge in [0, 0.05) is 25.6 Å². The van der Waals surface area contributed by atoms with E-state index >= 15 is 0 Å². The Morgan fingerprint density at radius 3 is 2.67 bits per heavy atom. The van der Waals surface area contributed by atoms with Crippen LogP contribution in [0.4, 0.5) is 11.4 Å². The minimum Gasteiger partial charge on any atom is -0.481 e. The molecule has 1 aromatic heterocycles. The van der Waals surface area contributed by atoms with Gasteiger partial charge >= 0.3 is 5.97 Å². The number of rotatable bonds is 7. The lowest BCUT2D eigenvalue weighted by molar-refractivity contribution is -0.384. The number of benzene rings is 2. The number of hydrogen-bond acceptors (Lipinski definition) is 6. The molecular weight excluding hydrogens is 402 g/mol. The number of nitrogens with zero attached hydrogens (tertiary/aromatic N) is 3. The fourth-order valence-electron chi connectivity index (χ4n) is 3.70. The molecule has 154 valence electrons. The maximum Gasteiger partial charge on any atom is 0.303 e. The minimum atomic E-state index is -0.891. The molecule has 1 saturated heterocycles. The molecule has 3 aromatic rings. The van der Waals surface area contributed by atoms with Crippen molar-refractivity contribution in [1.29, 1.82) is 0 Å². The van der Waals surface area contributed by atoms with Gasteiger partial charge in [-0.25, -0.2) is 4.98 Å². The number of carboxylic acid groups (broad SMARTS) is 1. The zero-order valence-corrected chi connectivity index (χ0v) is 17.1. The van der Waals surface area contributed by atoms with Gasteiger partial charge in [-0.2, -0.15) is 0 Å². The fraction of sp³-hybridized carbons (Fsp3) is 0.273. The van der Waals surface area contributed by atoms with Crippen molar-refractivity contribution in [1.82, 2.24) is 4.98 Å². The molecule has 8 heteroatoms. The van der Waals surface area contributed by atoms with E-state index in [1.54, 1.807) is 12.1 Å². The average Bonchev–Trinajstić information content (AvgIpc) is 3.40. The lowest BCUT2D eigenvalue weighted by Crippen LogP contribution is -2.18. The molecule has 4 rings (SSSR count). The SMILES string of the molecule is O=C(O)CCC(=Cc1ccc(N2CCCC2)c([N+](=O)[O-])c1)c1nc2ccccc2s1. The molecule has 7 nitrogen and oxygen atoms in total. The molecule has 0 aliphatic carbocycles. The van der Waals surface area contributed by atoms with E-state index in [2.05, 4.69) is 4.98 Å². The van der Waals surface area contributed by atoms with Gasteiger partial charge in [-0.15, -0.1) is 11.3 Å². The molecule has 0 radical (unpaired) electrons. The number of nitro benzene ring substituents is 1. The van der Waals surface area contributed by atoms with Crippen LogP contribution in [-0.2, 0) is 4.79 Å². The van der Waals surface area contributed by atoms with Gasteiger partial charge in [-0.05, 0) is 54.7 Å². The Bertz CT molecular complexity index is 1100. The number of para-hydroxylation sites is 1. The topological polar surface area (TPSA) is 96.6 Å². The third-order valence-electron chi connectivity index (χ3n) is 5.16. The number of aliphatic carboxylic acids is 1. The largest absolute Gasteiger partial charge is 0.481 e. The molecule has 0 bridgehead atoms. The lowest BCUT2D eigenvalue weighted by atomic mass is 10.1. The minimum absolute atomic E-state index is 0.0320. The second-order valence-corrected chi connectivity index (χ2v) is 8.28. The van der Waals surface area contributed by atoms with E-state index in [0.29, 0.717) is 17.7 Å². The zero-order valence-electron chi connectivity index (χ0n) is 16.3. The molecule has 2 aromatic carbocycles. The summed E-state index contributed by atoms with van der Waals surface area (Å²) < 4.78 is 1.02. The normalized spacial score (nSPS) is 14.4. The lowest BCUT2D eigenvalue weighted by Gasteiger charge is -2.17. The Kier molecular flexibility index (Phi) is 5.76. The van der Waals surface area contributed by atoms with Crippen LogP contribution in [0.15, 0.2) is 42.5 Å². The number of anilines is 1. The van der Waals surface area contributed by atoms with Gasteiger partial charge in [0.2, 0.25) is 0 Å². The summed E-state index contributed by atoms with van der Waals surface area (Å²) in [6.45, 7) is 1.65. The van der Waals surface area contributed by atoms with E-state index in [-0.39, 0.29) is 17.0 Å². The molecule has 0 atom stereocenters. The van der Waals surface area contributed by atoms with E-state index in [0.717, 1.165) is 46.7 Å². The summed E-state index contributed by atoms with van der Waals surface area (Å²) in [5.41, 5.74) is 3.01. The summed E-state index contributed by atoms with van der Waals surface area (Å²) in [5.74, 6) is -0.891. The van der Waals surface area contributed by atoms with Crippen LogP contribution in [0.3, 0.4) is 0 Å². The zero-order chi connectivity index (χ0) is 21.1. The van der Waals surface area contributed by atoms with Gasteiger partial charge in [0.1, 0.15) is 10.7 Å². The first kappa shape index (κ1) is 20.0. The third kappa shape index (κ3) is 4.33. The first-order valence-corrected chi connectivity index (χ1v) is 10.6. The van der Waals surface area contributed by atoms with Gasteiger partial charge in [-0.3, -0.25) is 14.9 Å². The standard InChI is InChI=1S/C22H21N3O4S/c26-21(27)10-8-16(22-23-17-5-1-2-6-20(17)30-22)13-15-7-9-18(19(14-15)25(28)29)24-11-3-4-12-24/h1-2,5-7,9,13-14H,3-4,8,10-12H2,(H,26,27). The second kappa shape index (κ2) is 8.62. The van der Waals surface area contributed by atoms with Crippen molar-refractivity contribution >= 4 is 50.5 Å². The molecule has 0 saturated carbocycles. The first-order chi connectivity index (χ1) is 14.5. The summed E-state index contributed by atoms with van der Waals surface area (Å²) in [5, 5.41) is 21.6. The average molecular weight is 423 g/mol. The van der Waals surface area contributed by atoms with Gasteiger partial charge in [0.15, 0.2) is 0 Å². The quantitative estimate of drug-likeness (QED) is 0.414. The third-order valence-corrected chi connectivity index (χ3v) is 6.27. The fourth-order valence-corrected chi connectivity index (χ4v) is 4.70. The first-order valence-electron chi connectivity index (χ1n) is 9.83. The van der Waals surface area contributed by atoms with Crippen molar-refractivity contribution in [3.63, 3.8) is 0 Å². The molecular formula is C22H21N3O4S. The van der Waals surface area contributed by atoms with E-state index in [9.17, 15) is 14.9 Å².